The van der Waals surface area contributed by atoms with Gasteiger partial charge in [-0.1, -0.05) is 6.58 Å². The number of aromatic nitrogens is 2. The van der Waals surface area contributed by atoms with Gasteiger partial charge in [0.05, 0.1) is 11.0 Å². The Bertz CT molecular complexity index is 768. The van der Waals surface area contributed by atoms with E-state index in [9.17, 15) is 4.79 Å². The Morgan fingerprint density at radius 1 is 1.39 bits per heavy atom. The molecule has 0 atom stereocenters. The van der Waals surface area contributed by atoms with Crippen molar-refractivity contribution in [1.29, 1.82) is 0 Å². The molecule has 2 N–H and O–H groups in total. The van der Waals surface area contributed by atoms with Crippen LogP contribution in [0.4, 0.5) is 11.5 Å². The largest absolute Gasteiger partial charge is 0.478 e. The molecule has 2 aromatic heterocycles. The maximum atomic E-state index is 11.2. The summed E-state index contributed by atoms with van der Waals surface area (Å²) in [5.74, 6) is -0.392. The minimum Gasteiger partial charge on any atom is -0.478 e. The third kappa shape index (κ3) is 1.45. The van der Waals surface area contributed by atoms with E-state index in [4.69, 9.17) is 5.11 Å². The van der Waals surface area contributed by atoms with Gasteiger partial charge in [-0.25, -0.2) is 9.78 Å². The van der Waals surface area contributed by atoms with Gasteiger partial charge >= 0.3 is 5.97 Å². The van der Waals surface area contributed by atoms with Crippen molar-refractivity contribution in [3.05, 3.63) is 46.2 Å². The van der Waals surface area contributed by atoms with Gasteiger partial charge in [0.2, 0.25) is 0 Å². The zero-order chi connectivity index (χ0) is 12.7. The maximum absolute atomic E-state index is 11.2. The van der Waals surface area contributed by atoms with Gasteiger partial charge in [0.25, 0.3) is 0 Å². The predicted octanol–water partition coefficient (Wildman–Crippen LogP) is 0.471. The Hall–Kier alpha value is -2.69. The molecule has 1 aliphatic heterocycles. The monoisotopic (exact) mass is 239 g/mol. The Labute approximate surface area is 102 Å². The molecule has 1 aliphatic rings. The SMILES string of the molecule is C=c1ncc(C(=O)O)c2c1=Cc1cccnc1N2. The second-order valence-corrected chi connectivity index (χ2v) is 3.92. The average Bonchev–Trinajstić information content (AvgIpc) is 2.37. The number of pyridine rings is 2. The first-order chi connectivity index (χ1) is 8.66. The normalized spacial score (nSPS) is 11.8. The average molecular weight is 239 g/mol. The van der Waals surface area contributed by atoms with Crippen molar-refractivity contribution in [2.75, 3.05) is 5.32 Å². The molecule has 5 heteroatoms. The van der Waals surface area contributed by atoms with Crippen LogP contribution in [0.3, 0.4) is 0 Å². The van der Waals surface area contributed by atoms with Gasteiger partial charge in [-0.2, -0.15) is 0 Å². The van der Waals surface area contributed by atoms with Gasteiger partial charge in [-0.3, -0.25) is 4.98 Å². The molecule has 0 radical (unpaired) electrons. The molecule has 0 aliphatic carbocycles. The van der Waals surface area contributed by atoms with Crippen molar-refractivity contribution in [2.45, 2.75) is 0 Å². The van der Waals surface area contributed by atoms with Crippen LogP contribution in [0.25, 0.3) is 12.7 Å². The first-order valence-corrected chi connectivity index (χ1v) is 5.32. The van der Waals surface area contributed by atoms with Crippen molar-refractivity contribution < 1.29 is 9.90 Å². The van der Waals surface area contributed by atoms with E-state index in [-0.39, 0.29) is 5.56 Å². The number of carboxylic acids is 1. The number of aromatic carboxylic acids is 1. The highest BCUT2D eigenvalue weighted by Crippen LogP contribution is 2.22. The lowest BCUT2D eigenvalue weighted by atomic mass is 10.1. The van der Waals surface area contributed by atoms with Crippen LogP contribution < -0.4 is 15.9 Å². The molecule has 0 saturated heterocycles. The minimum absolute atomic E-state index is 0.116. The molecule has 0 saturated carbocycles. The standard InChI is InChI=1S/C13H9N3O2/c1-7-9-5-8-3-2-4-14-12(8)16-11(9)10(6-15-7)13(17)18/h2-6H,1H2,(H,14,16)(H,17,18). The molecule has 0 fully saturated rings. The first-order valence-electron chi connectivity index (χ1n) is 5.32. The fraction of sp³-hybridized carbons (Fsp3) is 0. The molecule has 0 spiro atoms. The Morgan fingerprint density at radius 3 is 3.00 bits per heavy atom. The topological polar surface area (TPSA) is 75.1 Å². The molecular formula is C13H9N3O2. The number of rotatable bonds is 1. The van der Waals surface area contributed by atoms with Gasteiger partial charge in [0.1, 0.15) is 11.4 Å². The highest BCUT2D eigenvalue weighted by Gasteiger charge is 2.17. The summed E-state index contributed by atoms with van der Waals surface area (Å²) in [5, 5.41) is 13.4. The quantitative estimate of drug-likeness (QED) is 0.645. The van der Waals surface area contributed by atoms with E-state index < -0.39 is 5.97 Å². The number of nitrogens with zero attached hydrogens (tertiary/aromatic N) is 2. The first kappa shape index (κ1) is 10.5. The van der Waals surface area contributed by atoms with Gasteiger partial charge < -0.3 is 10.4 Å². The summed E-state index contributed by atoms with van der Waals surface area (Å²) in [6.07, 6.45) is 4.80. The molecule has 2 aromatic rings. The van der Waals surface area contributed by atoms with Crippen LogP contribution in [0, 0.1) is 0 Å². The third-order valence-electron chi connectivity index (χ3n) is 2.81. The van der Waals surface area contributed by atoms with Crippen molar-refractivity contribution in [3.63, 3.8) is 0 Å². The summed E-state index contributed by atoms with van der Waals surface area (Å²) in [4.78, 5) is 19.3. The molecule has 88 valence electrons. The van der Waals surface area contributed by atoms with Crippen LogP contribution >= 0.6 is 0 Å². The number of anilines is 2. The highest BCUT2D eigenvalue weighted by atomic mass is 16.4. The lowest BCUT2D eigenvalue weighted by molar-refractivity contribution is 0.0697. The molecule has 5 nitrogen and oxygen atoms in total. The Kier molecular flexibility index (Phi) is 2.13. The molecule has 3 heterocycles. The summed E-state index contributed by atoms with van der Waals surface area (Å²) in [6.45, 7) is 3.81. The third-order valence-corrected chi connectivity index (χ3v) is 2.81. The van der Waals surface area contributed by atoms with Crippen molar-refractivity contribution in [3.8, 4) is 0 Å². The summed E-state index contributed by atoms with van der Waals surface area (Å²) < 4.78 is 0. The van der Waals surface area contributed by atoms with Gasteiger partial charge in [-0.05, 0) is 18.2 Å². The van der Waals surface area contributed by atoms with Crippen molar-refractivity contribution in [2.24, 2.45) is 0 Å². The molecule has 0 unspecified atom stereocenters. The van der Waals surface area contributed by atoms with E-state index in [0.717, 1.165) is 5.56 Å². The second-order valence-electron chi connectivity index (χ2n) is 3.92. The van der Waals surface area contributed by atoms with E-state index in [1.807, 2.05) is 18.2 Å². The fourth-order valence-corrected chi connectivity index (χ4v) is 1.93. The van der Waals surface area contributed by atoms with Crippen LogP contribution in [0.15, 0.2) is 24.5 Å². The van der Waals surface area contributed by atoms with Crippen molar-refractivity contribution in [1.82, 2.24) is 9.97 Å². The van der Waals surface area contributed by atoms with E-state index in [1.165, 1.54) is 6.20 Å². The number of hydrogen-bond donors (Lipinski definition) is 2. The Balaban J connectivity index is 2.39. The lowest BCUT2D eigenvalue weighted by Gasteiger charge is -2.16. The smallest absolute Gasteiger partial charge is 0.339 e. The number of carbonyl (C=O) groups is 1. The molecule has 18 heavy (non-hydrogen) atoms. The number of hydrogen-bond acceptors (Lipinski definition) is 4. The molecular weight excluding hydrogens is 230 g/mol. The molecule has 3 rings (SSSR count). The van der Waals surface area contributed by atoms with Gasteiger partial charge in [0, 0.05) is 23.2 Å². The Morgan fingerprint density at radius 2 is 2.22 bits per heavy atom. The zero-order valence-corrected chi connectivity index (χ0v) is 9.34. The van der Waals surface area contributed by atoms with E-state index in [0.29, 0.717) is 22.1 Å². The van der Waals surface area contributed by atoms with Gasteiger partial charge in [0.15, 0.2) is 0 Å². The van der Waals surface area contributed by atoms with E-state index in [2.05, 4.69) is 21.9 Å². The summed E-state index contributed by atoms with van der Waals surface area (Å²) in [5.41, 5.74) is 1.50. The summed E-state index contributed by atoms with van der Waals surface area (Å²) in [6, 6.07) is 3.71. The fourth-order valence-electron chi connectivity index (χ4n) is 1.93. The highest BCUT2D eigenvalue weighted by molar-refractivity contribution is 5.96. The maximum Gasteiger partial charge on any atom is 0.339 e. The van der Waals surface area contributed by atoms with Crippen LogP contribution in [-0.4, -0.2) is 21.0 Å². The molecule has 0 bridgehead atoms. The lowest BCUT2D eigenvalue weighted by Crippen LogP contribution is -2.33. The van der Waals surface area contributed by atoms with E-state index in [1.54, 1.807) is 6.20 Å². The van der Waals surface area contributed by atoms with Crippen molar-refractivity contribution >= 4 is 30.1 Å². The van der Waals surface area contributed by atoms with E-state index >= 15 is 0 Å². The van der Waals surface area contributed by atoms with Crippen LogP contribution in [0.5, 0.6) is 0 Å². The second kappa shape index (κ2) is 3.66. The summed E-state index contributed by atoms with van der Waals surface area (Å²) in [7, 11) is 0. The van der Waals surface area contributed by atoms with Gasteiger partial charge in [-0.15, -0.1) is 0 Å². The van der Waals surface area contributed by atoms with Crippen LogP contribution in [-0.2, 0) is 0 Å². The summed E-state index contributed by atoms with van der Waals surface area (Å²) >= 11 is 0. The number of carboxylic acid groups (broad SMARTS) is 1. The van der Waals surface area contributed by atoms with Crippen LogP contribution in [0.2, 0.25) is 0 Å². The molecule has 0 amide bonds. The number of nitrogens with one attached hydrogen (secondary N) is 1. The predicted molar refractivity (Wildman–Crippen MR) is 67.1 cm³/mol. The minimum atomic E-state index is -1.03. The van der Waals surface area contributed by atoms with Crippen LogP contribution in [0.1, 0.15) is 15.9 Å². The molecule has 0 aromatic carbocycles. The number of fused-ring (bicyclic) bond motifs is 2. The zero-order valence-electron chi connectivity index (χ0n) is 9.34.